The van der Waals surface area contributed by atoms with Gasteiger partial charge in [0.25, 0.3) is 5.91 Å². The summed E-state index contributed by atoms with van der Waals surface area (Å²) < 4.78 is 23.6. The predicted molar refractivity (Wildman–Crippen MR) is 125 cm³/mol. The van der Waals surface area contributed by atoms with Crippen molar-refractivity contribution in [2.45, 2.75) is 39.7 Å². The normalized spacial score (nSPS) is 12.0. The Morgan fingerprint density at radius 3 is 2.67 bits per heavy atom. The third-order valence-corrected chi connectivity index (χ3v) is 5.37. The van der Waals surface area contributed by atoms with E-state index in [-0.39, 0.29) is 23.1 Å². The number of carbonyl (C=O) groups excluding carboxylic acids is 1. The second-order valence-electron chi connectivity index (χ2n) is 7.91. The van der Waals surface area contributed by atoms with E-state index in [0.29, 0.717) is 11.3 Å². The summed E-state index contributed by atoms with van der Waals surface area (Å²) in [6.45, 7) is 5.78. The lowest BCUT2D eigenvalue weighted by Gasteiger charge is -2.18. The van der Waals surface area contributed by atoms with E-state index in [2.05, 4.69) is 10.4 Å². The standard InChI is InChI=1S/C25H25FN4O3/c1-4-9-17(3)33-22-15-21(30-25(32)29-13-8-7-12-23(29)28-30)19(26)14-18(22)24(31)27-20-11-6-5-10-16(20)2/h5-8,10-15,17H,4,9H2,1-3H3,(H,27,31). The van der Waals surface area contributed by atoms with Gasteiger partial charge >= 0.3 is 5.69 Å². The fourth-order valence-electron chi connectivity index (χ4n) is 3.65. The Kier molecular flexibility index (Phi) is 6.26. The van der Waals surface area contributed by atoms with Crippen LogP contribution >= 0.6 is 0 Å². The highest BCUT2D eigenvalue weighted by Gasteiger charge is 2.22. The molecule has 0 bridgehead atoms. The smallest absolute Gasteiger partial charge is 0.355 e. The minimum Gasteiger partial charge on any atom is -0.490 e. The number of anilines is 1. The first-order chi connectivity index (χ1) is 15.9. The molecule has 0 aliphatic heterocycles. The molecular weight excluding hydrogens is 423 g/mol. The topological polar surface area (TPSA) is 77.6 Å². The van der Waals surface area contributed by atoms with Gasteiger partial charge in [0, 0.05) is 18.0 Å². The third-order valence-electron chi connectivity index (χ3n) is 5.37. The highest BCUT2D eigenvalue weighted by atomic mass is 19.1. The molecule has 1 N–H and O–H groups in total. The molecule has 2 aromatic carbocycles. The maximum absolute atomic E-state index is 15.2. The van der Waals surface area contributed by atoms with Crippen molar-refractivity contribution in [3.63, 3.8) is 0 Å². The van der Waals surface area contributed by atoms with Crippen LogP contribution in [0.1, 0.15) is 42.6 Å². The highest BCUT2D eigenvalue weighted by Crippen LogP contribution is 2.28. The van der Waals surface area contributed by atoms with Crippen LogP contribution in [0.5, 0.6) is 5.75 Å². The van der Waals surface area contributed by atoms with Crippen molar-refractivity contribution in [2.24, 2.45) is 0 Å². The Balaban J connectivity index is 1.80. The summed E-state index contributed by atoms with van der Waals surface area (Å²) in [4.78, 5) is 25.9. The van der Waals surface area contributed by atoms with E-state index in [1.807, 2.05) is 39.0 Å². The zero-order valence-electron chi connectivity index (χ0n) is 18.7. The van der Waals surface area contributed by atoms with Gasteiger partial charge in [0.05, 0.1) is 11.7 Å². The van der Waals surface area contributed by atoms with Crippen molar-refractivity contribution in [3.8, 4) is 11.4 Å². The van der Waals surface area contributed by atoms with Crippen LogP contribution in [0.25, 0.3) is 11.3 Å². The number of hydrogen-bond donors (Lipinski definition) is 1. The van der Waals surface area contributed by atoms with E-state index in [1.165, 1.54) is 10.5 Å². The molecular formula is C25H25FN4O3. The molecule has 0 saturated carbocycles. The van der Waals surface area contributed by atoms with Crippen molar-refractivity contribution < 1.29 is 13.9 Å². The van der Waals surface area contributed by atoms with Gasteiger partial charge in [-0.1, -0.05) is 37.6 Å². The minimum atomic E-state index is -0.758. The fourth-order valence-corrected chi connectivity index (χ4v) is 3.65. The number of nitrogens with zero attached hydrogens (tertiary/aromatic N) is 3. The number of para-hydroxylation sites is 1. The van der Waals surface area contributed by atoms with Crippen molar-refractivity contribution >= 4 is 17.2 Å². The molecule has 4 rings (SSSR count). The molecule has 0 saturated heterocycles. The Bertz CT molecular complexity index is 1380. The second kappa shape index (κ2) is 9.28. The number of rotatable bonds is 7. The molecule has 8 heteroatoms. The average Bonchev–Trinajstić information content (AvgIpc) is 3.13. The lowest BCUT2D eigenvalue weighted by Crippen LogP contribution is -2.22. The van der Waals surface area contributed by atoms with Gasteiger partial charge in [0.15, 0.2) is 5.65 Å². The van der Waals surface area contributed by atoms with E-state index in [4.69, 9.17) is 4.74 Å². The lowest BCUT2D eigenvalue weighted by atomic mass is 10.1. The first-order valence-electron chi connectivity index (χ1n) is 10.8. The van der Waals surface area contributed by atoms with Gasteiger partial charge in [-0.05, 0) is 50.1 Å². The van der Waals surface area contributed by atoms with Gasteiger partial charge in [-0.2, -0.15) is 4.68 Å². The first-order valence-corrected chi connectivity index (χ1v) is 10.8. The van der Waals surface area contributed by atoms with E-state index >= 15 is 4.39 Å². The van der Waals surface area contributed by atoms with Crippen molar-refractivity contribution in [1.82, 2.24) is 14.2 Å². The van der Waals surface area contributed by atoms with Gasteiger partial charge in [0.2, 0.25) is 0 Å². The second-order valence-corrected chi connectivity index (χ2v) is 7.91. The third kappa shape index (κ3) is 4.50. The molecule has 2 aromatic heterocycles. The minimum absolute atomic E-state index is 0.0410. The molecule has 0 spiro atoms. The van der Waals surface area contributed by atoms with Crippen LogP contribution in [0, 0.1) is 12.7 Å². The van der Waals surface area contributed by atoms with Crippen LogP contribution in [0.15, 0.2) is 65.6 Å². The Labute approximate surface area is 190 Å². The van der Waals surface area contributed by atoms with Crippen molar-refractivity contribution in [1.29, 1.82) is 0 Å². The van der Waals surface area contributed by atoms with Crippen LogP contribution in [0.3, 0.4) is 0 Å². The van der Waals surface area contributed by atoms with E-state index < -0.39 is 17.4 Å². The van der Waals surface area contributed by atoms with Crippen molar-refractivity contribution in [2.75, 3.05) is 5.32 Å². The molecule has 33 heavy (non-hydrogen) atoms. The van der Waals surface area contributed by atoms with Crippen LogP contribution in [-0.4, -0.2) is 26.2 Å². The van der Waals surface area contributed by atoms with E-state index in [9.17, 15) is 9.59 Å². The molecule has 4 aromatic rings. The molecule has 2 heterocycles. The number of fused-ring (bicyclic) bond motifs is 1. The number of carbonyl (C=O) groups is 1. The van der Waals surface area contributed by atoms with Crippen LogP contribution in [-0.2, 0) is 0 Å². The number of benzene rings is 2. The number of halogens is 1. The number of pyridine rings is 1. The highest BCUT2D eigenvalue weighted by molar-refractivity contribution is 6.06. The maximum atomic E-state index is 15.2. The molecule has 1 unspecified atom stereocenters. The summed E-state index contributed by atoms with van der Waals surface area (Å²) in [6.07, 6.45) is 2.98. The fraction of sp³-hybridized carbons (Fsp3) is 0.240. The number of amides is 1. The lowest BCUT2D eigenvalue weighted by molar-refractivity contribution is 0.101. The molecule has 1 atom stereocenters. The van der Waals surface area contributed by atoms with Crippen LogP contribution < -0.4 is 15.7 Å². The monoisotopic (exact) mass is 448 g/mol. The van der Waals surface area contributed by atoms with Gasteiger partial charge in [0.1, 0.15) is 17.3 Å². The number of nitrogens with one attached hydrogen (secondary N) is 1. The van der Waals surface area contributed by atoms with Gasteiger partial charge in [-0.3, -0.25) is 4.79 Å². The molecule has 0 radical (unpaired) electrons. The quantitative estimate of drug-likeness (QED) is 0.443. The van der Waals surface area contributed by atoms with Gasteiger partial charge in [-0.25, -0.2) is 13.6 Å². The summed E-state index contributed by atoms with van der Waals surface area (Å²) >= 11 is 0. The zero-order chi connectivity index (χ0) is 23.5. The SMILES string of the molecule is CCCC(C)Oc1cc(-n2nc3ccccn3c2=O)c(F)cc1C(=O)Nc1ccccc1C. The molecule has 0 aliphatic carbocycles. The molecule has 170 valence electrons. The molecule has 7 nitrogen and oxygen atoms in total. The number of aromatic nitrogens is 3. The Morgan fingerprint density at radius 2 is 1.94 bits per heavy atom. The largest absolute Gasteiger partial charge is 0.490 e. The van der Waals surface area contributed by atoms with Gasteiger partial charge < -0.3 is 10.1 Å². The summed E-state index contributed by atoms with van der Waals surface area (Å²) in [7, 11) is 0. The van der Waals surface area contributed by atoms with Crippen LogP contribution in [0.4, 0.5) is 10.1 Å². The van der Waals surface area contributed by atoms with Crippen LogP contribution in [0.2, 0.25) is 0 Å². The Hall–Kier alpha value is -3.94. The molecule has 0 aliphatic rings. The van der Waals surface area contributed by atoms with Crippen molar-refractivity contribution in [3.05, 3.63) is 88.2 Å². The van der Waals surface area contributed by atoms with Gasteiger partial charge in [-0.15, -0.1) is 5.10 Å². The molecule has 1 amide bonds. The maximum Gasteiger partial charge on any atom is 0.355 e. The Morgan fingerprint density at radius 1 is 1.18 bits per heavy atom. The molecule has 0 fully saturated rings. The summed E-state index contributed by atoms with van der Waals surface area (Å²) in [5, 5.41) is 7.04. The zero-order valence-corrected chi connectivity index (χ0v) is 18.7. The summed E-state index contributed by atoms with van der Waals surface area (Å²) in [5.74, 6) is -1.08. The average molecular weight is 448 g/mol. The summed E-state index contributed by atoms with van der Waals surface area (Å²) in [5.41, 5.74) is 1.31. The number of ether oxygens (including phenoxy) is 1. The first kappa shape index (κ1) is 22.3. The van der Waals surface area contributed by atoms with E-state index in [0.717, 1.165) is 29.2 Å². The number of hydrogen-bond acceptors (Lipinski definition) is 4. The van der Waals surface area contributed by atoms with E-state index in [1.54, 1.807) is 30.5 Å². The predicted octanol–water partition coefficient (Wildman–Crippen LogP) is 4.75. The summed E-state index contributed by atoms with van der Waals surface area (Å²) in [6, 6.07) is 14.9. The number of aryl methyl sites for hydroxylation is 1.